The molecule has 0 atom stereocenters. The molecule has 0 aromatic rings. The lowest BCUT2D eigenvalue weighted by Crippen LogP contribution is -2.34. The summed E-state index contributed by atoms with van der Waals surface area (Å²) in [5.74, 6) is -13.2. The van der Waals surface area contributed by atoms with Gasteiger partial charge in [0.2, 0.25) is 0 Å². The molecule has 0 aromatic heterocycles. The van der Waals surface area contributed by atoms with Crippen LogP contribution in [0.1, 0.15) is 6.92 Å². The van der Waals surface area contributed by atoms with Crippen molar-refractivity contribution in [3.63, 3.8) is 0 Å². The lowest BCUT2D eigenvalue weighted by molar-refractivity contribution is -0.259. The van der Waals surface area contributed by atoms with Crippen molar-refractivity contribution < 1.29 is 63.3 Å². The Kier molecular flexibility index (Phi) is 9.41. The maximum absolute atomic E-state index is 12.1. The number of carbonyl (C=O) groups is 2. The molecule has 0 bridgehead atoms. The largest absolute Gasteiger partial charge is 0.478 e. The fourth-order valence-electron chi connectivity index (χ4n) is 0.728. The van der Waals surface area contributed by atoms with Gasteiger partial charge in [0.1, 0.15) is 0 Å². The fourth-order valence-corrected chi connectivity index (χ4v) is 0.728. The summed E-state index contributed by atoms with van der Waals surface area (Å²) in [6, 6.07) is 0. The second kappa shape index (κ2) is 9.43. The summed E-state index contributed by atoms with van der Waals surface area (Å²) >= 11 is 0. The topological polar surface area (TPSA) is 63.6 Å². The summed E-state index contributed by atoms with van der Waals surface area (Å²) in [4.78, 5) is 20.0. The van der Waals surface area contributed by atoms with Crippen molar-refractivity contribution in [3.8, 4) is 0 Å². The van der Waals surface area contributed by atoms with Gasteiger partial charge in [-0.25, -0.2) is 9.59 Å². The number of alkyl halides is 10. The van der Waals surface area contributed by atoms with E-state index in [-0.39, 0.29) is 18.8 Å². The van der Waals surface area contributed by atoms with E-state index in [4.69, 9.17) is 5.11 Å². The molecule has 0 aliphatic rings. The second-order valence-corrected chi connectivity index (χ2v) is 4.00. The van der Waals surface area contributed by atoms with Gasteiger partial charge in [-0.15, -0.1) is 0 Å². The van der Waals surface area contributed by atoms with Crippen LogP contribution in [-0.2, 0) is 14.3 Å². The summed E-state index contributed by atoms with van der Waals surface area (Å²) in [7, 11) is 0. The Balaban J connectivity index is 0. The van der Waals surface area contributed by atoms with Crippen LogP contribution in [0, 0.1) is 0 Å². The number of carboxylic acids is 1. The molecule has 1 N–H and O–H groups in total. The third-order valence-corrected chi connectivity index (χ3v) is 1.91. The summed E-state index contributed by atoms with van der Waals surface area (Å²) in [6.45, 7) is 1.30. The molecule has 0 unspecified atom stereocenters. The van der Waals surface area contributed by atoms with Gasteiger partial charge < -0.3 is 9.84 Å². The first kappa shape index (κ1) is 26.0. The zero-order chi connectivity index (χ0) is 21.4. The average Bonchev–Trinajstić information content (AvgIpc) is 2.42. The SMILES string of the molecule is CCOC(=O)/C=C/C(F)(F)C(F)(F)F.O=C(O)/C=C/C(F)(F)C(F)(F)F. The minimum atomic E-state index is -5.75. The smallest absolute Gasteiger partial charge is 0.457 e. The Morgan fingerprint density at radius 3 is 1.42 bits per heavy atom. The summed E-state index contributed by atoms with van der Waals surface area (Å²) < 4.78 is 120. The van der Waals surface area contributed by atoms with Gasteiger partial charge in [-0.05, 0) is 6.92 Å². The Bertz CT molecular complexity index is 531. The van der Waals surface area contributed by atoms with Gasteiger partial charge in [0.15, 0.2) is 0 Å². The van der Waals surface area contributed by atoms with Crippen LogP contribution in [0.2, 0.25) is 0 Å². The number of rotatable bonds is 5. The Labute approximate surface area is 138 Å². The Morgan fingerprint density at radius 1 is 0.808 bits per heavy atom. The normalized spacial score (nSPS) is 13.5. The van der Waals surface area contributed by atoms with E-state index in [1.54, 1.807) is 0 Å². The highest BCUT2D eigenvalue weighted by Crippen LogP contribution is 2.37. The van der Waals surface area contributed by atoms with Crippen molar-refractivity contribution in [2.24, 2.45) is 0 Å². The maximum atomic E-state index is 12.1. The van der Waals surface area contributed by atoms with Crippen molar-refractivity contribution in [2.75, 3.05) is 6.61 Å². The molecular weight excluding hydrogens is 398 g/mol. The third-order valence-electron chi connectivity index (χ3n) is 1.91. The molecule has 0 radical (unpaired) electrons. The van der Waals surface area contributed by atoms with Crippen molar-refractivity contribution in [2.45, 2.75) is 31.1 Å². The lowest BCUT2D eigenvalue weighted by atomic mass is 10.3. The Hall–Kier alpha value is -2.28. The molecule has 0 amide bonds. The van der Waals surface area contributed by atoms with E-state index in [9.17, 15) is 53.5 Å². The van der Waals surface area contributed by atoms with Crippen molar-refractivity contribution in [1.29, 1.82) is 0 Å². The van der Waals surface area contributed by atoms with Crippen LogP contribution in [0.5, 0.6) is 0 Å². The number of hydrogen-bond acceptors (Lipinski definition) is 3. The van der Waals surface area contributed by atoms with Gasteiger partial charge in [-0.3, -0.25) is 0 Å². The lowest BCUT2D eigenvalue weighted by Gasteiger charge is -2.14. The molecule has 26 heavy (non-hydrogen) atoms. The first-order valence-electron chi connectivity index (χ1n) is 6.04. The van der Waals surface area contributed by atoms with Gasteiger partial charge >= 0.3 is 36.1 Å². The van der Waals surface area contributed by atoms with Crippen LogP contribution in [0.25, 0.3) is 0 Å². The van der Waals surface area contributed by atoms with Gasteiger partial charge in [-0.2, -0.15) is 43.9 Å². The molecule has 0 saturated carbocycles. The highest BCUT2D eigenvalue weighted by Gasteiger charge is 2.56. The number of allylic oxidation sites excluding steroid dienone is 2. The van der Waals surface area contributed by atoms with Gasteiger partial charge in [0, 0.05) is 24.3 Å². The molecule has 0 aliphatic heterocycles. The van der Waals surface area contributed by atoms with E-state index in [1.165, 1.54) is 6.92 Å². The van der Waals surface area contributed by atoms with Gasteiger partial charge in [0.05, 0.1) is 6.61 Å². The van der Waals surface area contributed by atoms with Crippen LogP contribution in [0.4, 0.5) is 43.9 Å². The second-order valence-electron chi connectivity index (χ2n) is 4.00. The molecule has 0 heterocycles. The fraction of sp³-hybridized carbons (Fsp3) is 0.500. The highest BCUT2D eigenvalue weighted by atomic mass is 19.4. The molecule has 0 fully saturated rings. The van der Waals surface area contributed by atoms with E-state index >= 15 is 0 Å². The Morgan fingerprint density at radius 2 is 1.15 bits per heavy atom. The summed E-state index contributed by atoms with van der Waals surface area (Å²) in [6.07, 6.45) is -12.9. The van der Waals surface area contributed by atoms with E-state index in [0.29, 0.717) is 0 Å². The van der Waals surface area contributed by atoms with Crippen LogP contribution in [0.3, 0.4) is 0 Å². The van der Waals surface area contributed by atoms with Crippen molar-refractivity contribution >= 4 is 11.9 Å². The quantitative estimate of drug-likeness (QED) is 0.422. The van der Waals surface area contributed by atoms with Gasteiger partial charge in [0.25, 0.3) is 0 Å². The number of carbonyl (C=O) groups excluding carboxylic acids is 1. The van der Waals surface area contributed by atoms with Crippen molar-refractivity contribution in [1.82, 2.24) is 0 Å². The molecule has 14 heteroatoms. The predicted octanol–water partition coefficient (Wildman–Crippen LogP) is 4.13. The van der Waals surface area contributed by atoms with Gasteiger partial charge in [-0.1, -0.05) is 0 Å². The third kappa shape index (κ3) is 9.88. The predicted molar refractivity (Wildman–Crippen MR) is 64.6 cm³/mol. The molecule has 0 aromatic carbocycles. The summed E-state index contributed by atoms with van der Waals surface area (Å²) in [5.41, 5.74) is 0. The number of esters is 1. The molecule has 0 rings (SSSR count). The molecule has 0 aliphatic carbocycles. The molecule has 0 saturated heterocycles. The average molecular weight is 408 g/mol. The molecular formula is C12H10F10O4. The van der Waals surface area contributed by atoms with E-state index < -0.39 is 48.3 Å². The first-order chi connectivity index (χ1) is 11.4. The van der Waals surface area contributed by atoms with E-state index in [0.717, 1.165) is 0 Å². The molecule has 4 nitrogen and oxygen atoms in total. The number of aliphatic carboxylic acids is 1. The number of ether oxygens (including phenoxy) is 1. The maximum Gasteiger partial charge on any atom is 0.457 e. The van der Waals surface area contributed by atoms with E-state index in [1.807, 2.05) is 0 Å². The number of halogens is 10. The molecule has 152 valence electrons. The standard InChI is InChI=1S/C7H7F5O2.C5H3F5O2/c1-2-14-5(13)3-4-6(8,9)7(10,11)12;6-4(7,5(8,9)10)2-1-3(11)12/h3-4H,2H2,1H3;1-2H,(H,11,12)/b4-3+;2-1+. The van der Waals surface area contributed by atoms with Crippen LogP contribution < -0.4 is 0 Å². The number of carboxylic acid groups (broad SMARTS) is 1. The summed E-state index contributed by atoms with van der Waals surface area (Å²) in [5, 5.41) is 7.76. The van der Waals surface area contributed by atoms with Crippen molar-refractivity contribution in [3.05, 3.63) is 24.3 Å². The minimum Gasteiger partial charge on any atom is -0.478 e. The monoisotopic (exact) mass is 408 g/mol. The molecule has 0 spiro atoms. The van der Waals surface area contributed by atoms with Crippen LogP contribution in [-0.4, -0.2) is 47.8 Å². The van der Waals surface area contributed by atoms with Crippen LogP contribution in [0.15, 0.2) is 24.3 Å². The first-order valence-corrected chi connectivity index (χ1v) is 6.04. The van der Waals surface area contributed by atoms with E-state index in [2.05, 4.69) is 4.74 Å². The minimum absolute atomic E-state index is 0.0526. The zero-order valence-corrected chi connectivity index (χ0v) is 12.5. The highest BCUT2D eigenvalue weighted by molar-refractivity contribution is 5.82. The number of hydrogen-bond donors (Lipinski definition) is 1. The van der Waals surface area contributed by atoms with Crippen LogP contribution >= 0.6 is 0 Å². The zero-order valence-electron chi connectivity index (χ0n) is 12.5.